The van der Waals surface area contributed by atoms with Gasteiger partial charge in [0.15, 0.2) is 0 Å². The lowest BCUT2D eigenvalue weighted by Gasteiger charge is -2.29. The van der Waals surface area contributed by atoms with E-state index in [0.717, 1.165) is 22.2 Å². The average Bonchev–Trinajstić information content (AvgIpc) is 3.40. The van der Waals surface area contributed by atoms with Crippen LogP contribution in [0.15, 0.2) is 77.2 Å². The summed E-state index contributed by atoms with van der Waals surface area (Å²) >= 11 is 1.39. The lowest BCUT2D eigenvalue weighted by Crippen LogP contribution is -2.49. The number of aromatic nitrogens is 1. The van der Waals surface area contributed by atoms with Crippen LogP contribution in [0.4, 0.5) is 17.1 Å². The highest BCUT2D eigenvalue weighted by molar-refractivity contribution is 7.12. The van der Waals surface area contributed by atoms with Gasteiger partial charge in [0.25, 0.3) is 5.91 Å². The summed E-state index contributed by atoms with van der Waals surface area (Å²) < 4.78 is 5.39. The van der Waals surface area contributed by atoms with E-state index >= 15 is 0 Å². The van der Waals surface area contributed by atoms with Crippen LogP contribution < -0.4 is 21.9 Å². The molecule has 0 atom stereocenters. The van der Waals surface area contributed by atoms with Crippen molar-refractivity contribution >= 4 is 51.2 Å². The zero-order chi connectivity index (χ0) is 24.7. The Kier molecular flexibility index (Phi) is 7.36. The summed E-state index contributed by atoms with van der Waals surface area (Å²) in [6.07, 6.45) is 1.81. The first-order chi connectivity index (χ1) is 17.7. The van der Waals surface area contributed by atoms with Crippen molar-refractivity contribution in [2.24, 2.45) is 10.8 Å². The number of ether oxygens (including phenoxy) is 1. The fourth-order valence-electron chi connectivity index (χ4n) is 4.06. The van der Waals surface area contributed by atoms with Crippen molar-refractivity contribution in [1.29, 1.82) is 0 Å². The van der Waals surface area contributed by atoms with Gasteiger partial charge in [-0.15, -0.1) is 11.3 Å². The second-order valence-electron chi connectivity index (χ2n) is 8.19. The number of amides is 1. The maximum atomic E-state index is 13.1. The highest BCUT2D eigenvalue weighted by Gasteiger charge is 2.16. The first kappa shape index (κ1) is 23.7. The summed E-state index contributed by atoms with van der Waals surface area (Å²) in [6, 6.07) is 19.3. The maximum Gasteiger partial charge on any atom is 0.267 e. The average molecular weight is 502 g/mol. The van der Waals surface area contributed by atoms with E-state index in [9.17, 15) is 4.79 Å². The molecule has 2 aromatic carbocycles. The number of carbonyl (C=O) groups excluding carboxylic acids is 1. The van der Waals surface area contributed by atoms with E-state index in [2.05, 4.69) is 32.1 Å². The molecule has 1 saturated heterocycles. The van der Waals surface area contributed by atoms with E-state index in [1.165, 1.54) is 11.3 Å². The topological polar surface area (TPSA) is 117 Å². The van der Waals surface area contributed by atoms with Crippen molar-refractivity contribution in [1.82, 2.24) is 15.3 Å². The monoisotopic (exact) mass is 501 g/mol. The van der Waals surface area contributed by atoms with Crippen LogP contribution in [0, 0.1) is 0 Å². The minimum atomic E-state index is -0.182. The smallest absolute Gasteiger partial charge is 0.267 e. The Morgan fingerprint density at radius 1 is 1.11 bits per heavy atom. The van der Waals surface area contributed by atoms with Crippen LogP contribution in [0.25, 0.3) is 10.9 Å². The molecule has 0 saturated carbocycles. The molecule has 5 rings (SSSR count). The summed E-state index contributed by atoms with van der Waals surface area (Å²) in [5, 5.41) is 9.40. The van der Waals surface area contributed by atoms with Crippen molar-refractivity contribution in [3.05, 3.63) is 82.7 Å². The van der Waals surface area contributed by atoms with Gasteiger partial charge in [-0.25, -0.2) is 10.8 Å². The SMILES string of the molecule is NNC(=Nc1cccc(NC(=O)c2sccc2NCc2ccnc3ccccc23)c1)N1CCOCC1. The zero-order valence-corrected chi connectivity index (χ0v) is 20.4. The molecule has 0 bridgehead atoms. The predicted octanol–water partition coefficient (Wildman–Crippen LogP) is 3.94. The molecule has 5 N–H and O–H groups in total. The number of nitrogens with zero attached hydrogens (tertiary/aromatic N) is 3. The highest BCUT2D eigenvalue weighted by atomic mass is 32.1. The number of morpholine rings is 1. The second-order valence-corrected chi connectivity index (χ2v) is 9.10. The van der Waals surface area contributed by atoms with Crippen LogP contribution in [-0.4, -0.2) is 48.1 Å². The number of rotatable bonds is 6. The number of hydrogen-bond donors (Lipinski definition) is 4. The largest absolute Gasteiger partial charge is 0.380 e. The number of nitrogens with one attached hydrogen (secondary N) is 3. The van der Waals surface area contributed by atoms with Crippen molar-refractivity contribution in [3.63, 3.8) is 0 Å². The van der Waals surface area contributed by atoms with Crippen LogP contribution in [0.1, 0.15) is 15.2 Å². The number of anilines is 2. The maximum absolute atomic E-state index is 13.1. The molecule has 2 aromatic heterocycles. The molecular weight excluding hydrogens is 474 g/mol. The van der Waals surface area contributed by atoms with Crippen molar-refractivity contribution in [3.8, 4) is 0 Å². The van der Waals surface area contributed by atoms with E-state index in [-0.39, 0.29) is 5.91 Å². The van der Waals surface area contributed by atoms with Gasteiger partial charge in [-0.3, -0.25) is 15.2 Å². The fraction of sp³-hybridized carbons (Fsp3) is 0.192. The number of thiophene rings is 1. The van der Waals surface area contributed by atoms with Gasteiger partial charge in [-0.2, -0.15) is 0 Å². The number of fused-ring (bicyclic) bond motifs is 1. The number of benzene rings is 2. The zero-order valence-electron chi connectivity index (χ0n) is 19.6. The first-order valence-electron chi connectivity index (χ1n) is 11.6. The molecular formula is C26H27N7O2S. The van der Waals surface area contributed by atoms with Crippen LogP contribution in [0.5, 0.6) is 0 Å². The van der Waals surface area contributed by atoms with E-state index in [0.29, 0.717) is 55.1 Å². The Morgan fingerprint density at radius 3 is 2.83 bits per heavy atom. The number of guanidine groups is 1. The molecule has 184 valence electrons. The molecule has 10 heteroatoms. The molecule has 0 radical (unpaired) electrons. The number of hydrazine groups is 1. The van der Waals surface area contributed by atoms with Crippen molar-refractivity contribution < 1.29 is 9.53 Å². The number of para-hydroxylation sites is 1. The quantitative estimate of drug-likeness (QED) is 0.137. The minimum Gasteiger partial charge on any atom is -0.380 e. The fourth-order valence-corrected chi connectivity index (χ4v) is 4.82. The van der Waals surface area contributed by atoms with Gasteiger partial charge in [-0.05, 0) is 47.3 Å². The number of aliphatic imine (C=N–C) groups is 1. The summed E-state index contributed by atoms with van der Waals surface area (Å²) in [5.74, 6) is 6.09. The predicted molar refractivity (Wildman–Crippen MR) is 145 cm³/mol. The second kappa shape index (κ2) is 11.2. The third-order valence-corrected chi connectivity index (χ3v) is 6.77. The van der Waals surface area contributed by atoms with E-state index in [4.69, 9.17) is 10.6 Å². The first-order valence-corrected chi connectivity index (χ1v) is 12.5. The summed E-state index contributed by atoms with van der Waals surface area (Å²) in [7, 11) is 0. The molecule has 9 nitrogen and oxygen atoms in total. The van der Waals surface area contributed by atoms with E-state index < -0.39 is 0 Å². The van der Waals surface area contributed by atoms with Gasteiger partial charge in [0, 0.05) is 36.9 Å². The minimum absolute atomic E-state index is 0.182. The van der Waals surface area contributed by atoms with Gasteiger partial charge in [0.05, 0.1) is 30.1 Å². The lowest BCUT2D eigenvalue weighted by molar-refractivity contribution is 0.0666. The van der Waals surface area contributed by atoms with E-state index in [1.807, 2.05) is 64.9 Å². The highest BCUT2D eigenvalue weighted by Crippen LogP contribution is 2.26. The molecule has 1 amide bonds. The van der Waals surface area contributed by atoms with Gasteiger partial charge in [0.2, 0.25) is 5.96 Å². The normalized spacial score (nSPS) is 14.0. The Bertz CT molecular complexity index is 1380. The number of carbonyl (C=O) groups is 1. The lowest BCUT2D eigenvalue weighted by atomic mass is 10.1. The molecule has 1 aliphatic rings. The Balaban J connectivity index is 1.28. The van der Waals surface area contributed by atoms with Crippen LogP contribution in [0.3, 0.4) is 0 Å². The molecule has 0 aliphatic carbocycles. The molecule has 3 heterocycles. The summed E-state index contributed by atoms with van der Waals surface area (Å²) in [6.45, 7) is 3.27. The van der Waals surface area contributed by atoms with Gasteiger partial charge < -0.3 is 20.3 Å². The molecule has 4 aromatic rings. The van der Waals surface area contributed by atoms with Crippen LogP contribution >= 0.6 is 11.3 Å². The van der Waals surface area contributed by atoms with Crippen LogP contribution in [0.2, 0.25) is 0 Å². The third-order valence-electron chi connectivity index (χ3n) is 5.86. The van der Waals surface area contributed by atoms with Gasteiger partial charge in [0.1, 0.15) is 4.88 Å². The number of nitrogens with two attached hydrogens (primary N) is 1. The molecule has 0 spiro atoms. The molecule has 0 unspecified atom stereocenters. The van der Waals surface area contributed by atoms with Crippen molar-refractivity contribution in [2.75, 3.05) is 36.9 Å². The summed E-state index contributed by atoms with van der Waals surface area (Å²) in [5.41, 5.74) is 6.86. The Morgan fingerprint density at radius 2 is 1.97 bits per heavy atom. The third kappa shape index (κ3) is 5.46. The molecule has 1 fully saturated rings. The van der Waals surface area contributed by atoms with Crippen molar-refractivity contribution in [2.45, 2.75) is 6.54 Å². The summed E-state index contributed by atoms with van der Waals surface area (Å²) in [4.78, 5) is 24.8. The van der Waals surface area contributed by atoms with Gasteiger partial charge in [-0.1, -0.05) is 24.3 Å². The van der Waals surface area contributed by atoms with Gasteiger partial charge >= 0.3 is 0 Å². The number of pyridine rings is 1. The molecule has 1 aliphatic heterocycles. The Hall–Kier alpha value is -3.99. The van der Waals surface area contributed by atoms with E-state index in [1.54, 1.807) is 6.20 Å². The molecule has 36 heavy (non-hydrogen) atoms. The number of hydrogen-bond acceptors (Lipinski definition) is 7. The Labute approximate surface area is 213 Å². The standard InChI is InChI=1S/C26H27N7O2S/c27-32-26(33-11-13-35-14-12-33)31-20-5-3-4-19(16-20)30-25(34)24-23(9-15-36-24)29-17-18-8-10-28-22-7-2-1-6-21(18)22/h1-10,15-16,29H,11-14,17,27H2,(H,30,34)(H,31,32). The van der Waals surface area contributed by atoms with Crippen LogP contribution in [-0.2, 0) is 11.3 Å².